The highest BCUT2D eigenvalue weighted by atomic mass is 32.2. The van der Waals surface area contributed by atoms with Crippen molar-refractivity contribution < 1.29 is 13.2 Å². The molecule has 2 aliphatic heterocycles. The summed E-state index contributed by atoms with van der Waals surface area (Å²) in [7, 11) is -3.46. The molecule has 6 nitrogen and oxygen atoms in total. The van der Waals surface area contributed by atoms with Crippen LogP contribution in [0.3, 0.4) is 0 Å². The van der Waals surface area contributed by atoms with E-state index in [9.17, 15) is 13.2 Å². The van der Waals surface area contributed by atoms with Crippen molar-refractivity contribution in [3.63, 3.8) is 0 Å². The van der Waals surface area contributed by atoms with E-state index < -0.39 is 10.0 Å². The molecule has 2 aliphatic rings. The first-order valence-corrected chi connectivity index (χ1v) is 10.4. The second-order valence-electron chi connectivity index (χ2n) is 7.17. The first-order valence-electron chi connectivity index (χ1n) is 8.99. The van der Waals surface area contributed by atoms with Crippen LogP contribution < -0.4 is 5.73 Å². The molecule has 2 N–H and O–H groups in total. The van der Waals surface area contributed by atoms with Crippen molar-refractivity contribution in [1.29, 1.82) is 0 Å². The van der Waals surface area contributed by atoms with Gasteiger partial charge >= 0.3 is 0 Å². The maximum Gasteiger partial charge on any atom is 0.243 e. The molecule has 0 radical (unpaired) electrons. The van der Waals surface area contributed by atoms with Gasteiger partial charge in [-0.15, -0.1) is 0 Å². The quantitative estimate of drug-likeness (QED) is 0.871. The van der Waals surface area contributed by atoms with Gasteiger partial charge in [0.2, 0.25) is 15.9 Å². The highest BCUT2D eigenvalue weighted by Crippen LogP contribution is 2.29. The molecule has 0 saturated carbocycles. The van der Waals surface area contributed by atoms with E-state index >= 15 is 0 Å². The number of hydrogen-bond acceptors (Lipinski definition) is 4. The normalized spacial score (nSPS) is 26.1. The van der Waals surface area contributed by atoms with Gasteiger partial charge in [0.25, 0.3) is 0 Å². The molecule has 2 saturated heterocycles. The molecule has 2 unspecified atom stereocenters. The van der Waals surface area contributed by atoms with Crippen LogP contribution in [0.2, 0.25) is 0 Å². The van der Waals surface area contributed by atoms with E-state index in [0.717, 1.165) is 13.0 Å². The van der Waals surface area contributed by atoms with Crippen molar-refractivity contribution >= 4 is 15.9 Å². The zero-order valence-corrected chi connectivity index (χ0v) is 15.5. The summed E-state index contributed by atoms with van der Waals surface area (Å²) in [5, 5.41) is 0. The zero-order valence-electron chi connectivity index (χ0n) is 14.7. The lowest BCUT2D eigenvalue weighted by Crippen LogP contribution is -2.45. The minimum Gasteiger partial charge on any atom is -0.339 e. The number of amides is 1. The molecule has 1 amide bonds. The molecule has 2 atom stereocenters. The van der Waals surface area contributed by atoms with Gasteiger partial charge in [-0.05, 0) is 50.8 Å². The Hall–Kier alpha value is -1.44. The average Bonchev–Trinajstić information content (AvgIpc) is 3.03. The monoisotopic (exact) mass is 365 g/mol. The molecule has 7 heteroatoms. The van der Waals surface area contributed by atoms with Gasteiger partial charge in [-0.25, -0.2) is 8.42 Å². The lowest BCUT2D eigenvalue weighted by atomic mass is 9.96. The predicted octanol–water partition coefficient (Wildman–Crippen LogP) is 1.28. The van der Waals surface area contributed by atoms with Gasteiger partial charge in [0.1, 0.15) is 0 Å². The Morgan fingerprint density at radius 1 is 1.20 bits per heavy atom. The standard InChI is InChI=1S/C18H27N3O3S/c1-14-11-15(12-19)13-21(14)18(22)16-7-9-20(10-8-16)25(23,24)17-5-3-2-4-6-17/h2-6,14-16H,7-13,19H2,1H3. The first-order chi connectivity index (χ1) is 11.9. The van der Waals surface area contributed by atoms with Crippen molar-refractivity contribution in [3.8, 4) is 0 Å². The second-order valence-corrected chi connectivity index (χ2v) is 9.11. The molecule has 25 heavy (non-hydrogen) atoms. The van der Waals surface area contributed by atoms with Crippen molar-refractivity contribution in [2.45, 2.75) is 37.1 Å². The van der Waals surface area contributed by atoms with Gasteiger partial charge < -0.3 is 10.6 Å². The van der Waals surface area contributed by atoms with Crippen molar-refractivity contribution in [3.05, 3.63) is 30.3 Å². The molecular weight excluding hydrogens is 338 g/mol. The Labute approximate surface area is 150 Å². The summed E-state index contributed by atoms with van der Waals surface area (Å²) in [6.45, 7) is 4.22. The Morgan fingerprint density at radius 3 is 2.40 bits per heavy atom. The van der Waals surface area contributed by atoms with Crippen LogP contribution in [-0.2, 0) is 14.8 Å². The van der Waals surface area contributed by atoms with Crippen LogP contribution in [0, 0.1) is 11.8 Å². The number of nitrogens with two attached hydrogens (primary N) is 1. The van der Waals surface area contributed by atoms with Gasteiger partial charge in [-0.2, -0.15) is 4.31 Å². The number of carbonyl (C=O) groups is 1. The van der Waals surface area contributed by atoms with Crippen molar-refractivity contribution in [2.24, 2.45) is 17.6 Å². The molecule has 2 fully saturated rings. The van der Waals surface area contributed by atoms with E-state index in [1.54, 1.807) is 30.3 Å². The number of benzene rings is 1. The van der Waals surface area contributed by atoms with Crippen LogP contribution in [0.4, 0.5) is 0 Å². The summed E-state index contributed by atoms with van der Waals surface area (Å²) >= 11 is 0. The van der Waals surface area contributed by atoms with E-state index in [-0.39, 0.29) is 17.9 Å². The predicted molar refractivity (Wildman–Crippen MR) is 96.3 cm³/mol. The Balaban J connectivity index is 1.61. The Bertz CT molecular complexity index is 700. The molecule has 1 aromatic carbocycles. The molecule has 1 aromatic rings. The van der Waals surface area contributed by atoms with Gasteiger partial charge in [-0.3, -0.25) is 4.79 Å². The van der Waals surface area contributed by atoms with E-state index in [4.69, 9.17) is 5.73 Å². The number of carbonyl (C=O) groups excluding carboxylic acids is 1. The average molecular weight is 365 g/mol. The summed E-state index contributed by atoms with van der Waals surface area (Å²) in [5.41, 5.74) is 5.75. The summed E-state index contributed by atoms with van der Waals surface area (Å²) in [5.74, 6) is 0.471. The minimum atomic E-state index is -3.46. The second kappa shape index (κ2) is 7.43. The fraction of sp³-hybridized carbons (Fsp3) is 0.611. The third kappa shape index (κ3) is 3.73. The Kier molecular flexibility index (Phi) is 5.46. The van der Waals surface area contributed by atoms with Crippen LogP contribution in [0.25, 0.3) is 0 Å². The number of nitrogens with zero attached hydrogens (tertiary/aromatic N) is 2. The van der Waals surface area contributed by atoms with Gasteiger partial charge in [0.15, 0.2) is 0 Å². The third-order valence-corrected chi connectivity index (χ3v) is 7.37. The van der Waals surface area contributed by atoms with Gasteiger partial charge in [0, 0.05) is 31.6 Å². The van der Waals surface area contributed by atoms with Crippen molar-refractivity contribution in [2.75, 3.05) is 26.2 Å². The first kappa shape index (κ1) is 18.4. The summed E-state index contributed by atoms with van der Waals surface area (Å²) in [4.78, 5) is 15.1. The fourth-order valence-corrected chi connectivity index (χ4v) is 5.43. The van der Waals surface area contributed by atoms with E-state index in [1.165, 1.54) is 4.31 Å². The van der Waals surface area contributed by atoms with Gasteiger partial charge in [-0.1, -0.05) is 18.2 Å². The third-order valence-electron chi connectivity index (χ3n) is 5.46. The number of piperidine rings is 1. The summed E-state index contributed by atoms with van der Waals surface area (Å²) < 4.78 is 26.8. The van der Waals surface area contributed by atoms with Crippen LogP contribution in [0.1, 0.15) is 26.2 Å². The van der Waals surface area contributed by atoms with Crippen LogP contribution >= 0.6 is 0 Å². The number of likely N-dealkylation sites (tertiary alicyclic amines) is 1. The topological polar surface area (TPSA) is 83.7 Å². The summed E-state index contributed by atoms with van der Waals surface area (Å²) in [6.07, 6.45) is 2.13. The molecule has 2 heterocycles. The molecule has 0 aliphatic carbocycles. The highest BCUT2D eigenvalue weighted by Gasteiger charge is 2.38. The van der Waals surface area contributed by atoms with Crippen LogP contribution in [0.15, 0.2) is 35.2 Å². The maximum atomic E-state index is 12.8. The molecule has 138 valence electrons. The molecule has 0 aromatic heterocycles. The van der Waals surface area contributed by atoms with Gasteiger partial charge in [0.05, 0.1) is 4.90 Å². The fourth-order valence-electron chi connectivity index (χ4n) is 3.94. The van der Waals surface area contributed by atoms with Crippen LogP contribution in [0.5, 0.6) is 0 Å². The number of hydrogen-bond donors (Lipinski definition) is 1. The number of rotatable bonds is 4. The minimum absolute atomic E-state index is 0.0822. The largest absolute Gasteiger partial charge is 0.339 e. The van der Waals surface area contributed by atoms with Crippen molar-refractivity contribution in [1.82, 2.24) is 9.21 Å². The lowest BCUT2D eigenvalue weighted by molar-refractivity contribution is -0.137. The smallest absolute Gasteiger partial charge is 0.243 e. The SMILES string of the molecule is CC1CC(CN)CN1C(=O)C1CCN(S(=O)(=O)c2ccccc2)CC1. The molecule has 0 spiro atoms. The zero-order chi connectivity index (χ0) is 18.0. The Morgan fingerprint density at radius 2 is 1.84 bits per heavy atom. The number of sulfonamides is 1. The highest BCUT2D eigenvalue weighted by molar-refractivity contribution is 7.89. The van der Waals surface area contributed by atoms with E-state index in [1.807, 2.05) is 4.90 Å². The lowest BCUT2D eigenvalue weighted by Gasteiger charge is -2.33. The molecule has 0 bridgehead atoms. The molecule has 3 rings (SSSR count). The van der Waals surface area contributed by atoms with E-state index in [0.29, 0.717) is 43.3 Å². The van der Waals surface area contributed by atoms with Crippen LogP contribution in [-0.4, -0.2) is 55.8 Å². The summed E-state index contributed by atoms with van der Waals surface area (Å²) in [6, 6.07) is 8.72. The molecular formula is C18H27N3O3S. The maximum absolute atomic E-state index is 12.8. The van der Waals surface area contributed by atoms with E-state index in [2.05, 4.69) is 6.92 Å².